The molecule has 2 N–H and O–H groups in total. The Kier molecular flexibility index (Phi) is 38.9. The van der Waals surface area contributed by atoms with Gasteiger partial charge >= 0.3 is 35.8 Å². The molecule has 1 unspecified atom stereocenters. The third-order valence-corrected chi connectivity index (χ3v) is 13.2. The van der Waals surface area contributed by atoms with Crippen molar-refractivity contribution in [1.29, 1.82) is 0 Å². The van der Waals surface area contributed by atoms with Crippen molar-refractivity contribution in [1.82, 2.24) is 0 Å². The standard InChI is InChI=1S/C8H11BrO4.C7H9Br3O2.C6H9BrO2.C6H9NO.C5H8O4.C3H4Br2/c1-5(9)4-6(7(10)12-2)8(11)13-3;1-12-5(11)2-3-6(8)4-7(6,9)10;1-5(7)3-4-6(8)9-2;7-6(8)4-3-5-1-2-5;1-8-4(6)3-5(7)9-2;1-3(5)2-4/h6H,1,4H2,2-3H3;2-4H2,1H3;1,3-4H2,2H3;1H,2-4H2,(H2,7,8);3H2,1-2H3;1-2H2. The molecule has 14 nitrogen and oxygen atoms in total. The highest BCUT2D eigenvalue weighted by molar-refractivity contribution is 9.26. The number of methoxy groups -OCH3 is 6. The zero-order chi connectivity index (χ0) is 44.7. The summed E-state index contributed by atoms with van der Waals surface area (Å²) in [4.78, 5) is 74.0. The average Bonchev–Trinajstić information content (AvgIpc) is 4.07. The van der Waals surface area contributed by atoms with Gasteiger partial charge in [-0.3, -0.25) is 33.6 Å². The first-order valence-electron chi connectivity index (χ1n) is 15.9. The minimum Gasteiger partial charge on any atom is -0.469 e. The molecule has 1 amide bonds. The van der Waals surface area contributed by atoms with E-state index in [9.17, 15) is 33.6 Å². The molecule has 0 aliphatic heterocycles. The van der Waals surface area contributed by atoms with Gasteiger partial charge in [-0.1, -0.05) is 143 Å². The molecule has 2 rings (SSSR count). The molecule has 1 atom stereocenters. The zero-order valence-corrected chi connectivity index (χ0v) is 43.2. The Morgan fingerprint density at radius 1 is 0.679 bits per heavy atom. The maximum Gasteiger partial charge on any atom is 0.320 e. The molecule has 0 heterocycles. The van der Waals surface area contributed by atoms with Crippen molar-refractivity contribution in [2.24, 2.45) is 11.7 Å². The van der Waals surface area contributed by atoms with E-state index < -0.39 is 29.8 Å². The molecule has 2 aliphatic rings. The lowest BCUT2D eigenvalue weighted by Crippen LogP contribution is -2.26. The summed E-state index contributed by atoms with van der Waals surface area (Å²) in [6.45, 7) is 10.6. The molecule has 0 spiro atoms. The number of rotatable bonds is 16. The Bertz CT molecular complexity index is 1320. The lowest BCUT2D eigenvalue weighted by Gasteiger charge is -2.10. The van der Waals surface area contributed by atoms with E-state index in [4.69, 9.17) is 5.73 Å². The van der Waals surface area contributed by atoms with Crippen LogP contribution < -0.4 is 5.73 Å². The minimum absolute atomic E-state index is 0.0220. The van der Waals surface area contributed by atoms with Gasteiger partial charge in [-0.2, -0.15) is 0 Å². The quantitative estimate of drug-likeness (QED) is 0.0507. The van der Waals surface area contributed by atoms with E-state index in [-0.39, 0.29) is 38.2 Å². The average molecular weight is 1250 g/mol. The predicted molar refractivity (Wildman–Crippen MR) is 239 cm³/mol. The Balaban J connectivity index is -0.000000296. The molecule has 1 fully saturated rings. The number of alkyl halides is 4. The lowest BCUT2D eigenvalue weighted by atomic mass is 10.1. The molecule has 56 heavy (non-hydrogen) atoms. The van der Waals surface area contributed by atoms with E-state index in [1.165, 1.54) is 48.2 Å². The van der Waals surface area contributed by atoms with Gasteiger partial charge in [-0.25, -0.2) is 0 Å². The number of carbonyl (C=O) groups is 7. The van der Waals surface area contributed by atoms with Crippen LogP contribution in [0.4, 0.5) is 0 Å². The van der Waals surface area contributed by atoms with Gasteiger partial charge in [0.2, 0.25) is 5.91 Å². The Labute approximate surface area is 388 Å². The number of primary amides is 1. The molecule has 0 aromatic rings. The highest BCUT2D eigenvalue weighted by Crippen LogP contribution is 2.67. The van der Waals surface area contributed by atoms with Gasteiger partial charge in [0.05, 0.1) is 56.6 Å². The summed E-state index contributed by atoms with van der Waals surface area (Å²) in [7, 11) is 7.64. The Morgan fingerprint density at radius 2 is 1.07 bits per heavy atom. The van der Waals surface area contributed by atoms with Gasteiger partial charge < -0.3 is 34.2 Å². The van der Waals surface area contributed by atoms with E-state index in [0.29, 0.717) is 30.2 Å². The maximum atomic E-state index is 11.1. The number of nitrogens with two attached hydrogens (primary N) is 1. The number of hydrogen-bond acceptors (Lipinski definition) is 13. The van der Waals surface area contributed by atoms with Crippen LogP contribution in [0.3, 0.4) is 0 Å². The molecule has 322 valence electrons. The Hall–Kier alpha value is -1.39. The zero-order valence-electron chi connectivity index (χ0n) is 32.1. The van der Waals surface area contributed by atoms with Crippen LogP contribution in [0.2, 0.25) is 0 Å². The first-order valence-corrected chi connectivity index (χ1v) is 21.8. The maximum absolute atomic E-state index is 11.1. The molecule has 0 aromatic carbocycles. The number of esters is 6. The molecule has 0 aromatic heterocycles. The SMILES string of the molecule is C=C(Br)CBr.C=C(Br)CC(C(=O)OC)C(=O)OC.C=C(Br)CCC(=O)OC.COC(=O)CC(=O)OC.COC(=O)CCC1(Br)CC1(Br)Br.NC(=O)CCC1=CC1. The number of ether oxygens (including phenoxy) is 6. The predicted octanol–water partition coefficient (Wildman–Crippen LogP) is 8.65. The second-order valence-corrected chi connectivity index (χ2v) is 20.1. The monoisotopic (exact) mass is 1240 g/mol. The lowest BCUT2D eigenvalue weighted by molar-refractivity contribution is -0.159. The summed E-state index contributed by atoms with van der Waals surface area (Å²) >= 11 is 23.1. The summed E-state index contributed by atoms with van der Waals surface area (Å²) in [5, 5.41) is 0.840. The highest BCUT2D eigenvalue weighted by Gasteiger charge is 2.63. The van der Waals surface area contributed by atoms with Crippen LogP contribution in [0.15, 0.2) is 44.8 Å². The van der Waals surface area contributed by atoms with Crippen molar-refractivity contribution < 1.29 is 62.0 Å². The fraction of sp³-hybridized carbons (Fsp3) is 0.571. The van der Waals surface area contributed by atoms with Crippen LogP contribution >= 0.6 is 112 Å². The highest BCUT2D eigenvalue weighted by atomic mass is 79.9. The van der Waals surface area contributed by atoms with Crippen molar-refractivity contribution >= 4 is 153 Å². The molecular formula is C35H50Br7NO13. The first-order chi connectivity index (χ1) is 25.9. The van der Waals surface area contributed by atoms with Crippen molar-refractivity contribution in [3.63, 3.8) is 0 Å². The second kappa shape index (κ2) is 35.5. The normalized spacial score (nSPS) is 14.5. The molecule has 2 aliphatic carbocycles. The van der Waals surface area contributed by atoms with Crippen LogP contribution in [-0.2, 0) is 62.0 Å². The van der Waals surface area contributed by atoms with Crippen LogP contribution in [-0.4, -0.2) is 97.3 Å². The van der Waals surface area contributed by atoms with Crippen LogP contribution in [0.25, 0.3) is 0 Å². The molecule has 1 saturated carbocycles. The van der Waals surface area contributed by atoms with Gasteiger partial charge in [0.15, 0.2) is 5.92 Å². The molecule has 0 radical (unpaired) electrons. The number of carbonyl (C=O) groups excluding carboxylic acids is 7. The second-order valence-electron chi connectivity index (χ2n) is 10.8. The van der Waals surface area contributed by atoms with E-state index in [2.05, 4.69) is 166 Å². The number of amides is 1. The fourth-order valence-corrected chi connectivity index (χ4v) is 6.16. The van der Waals surface area contributed by atoms with Crippen molar-refractivity contribution in [2.75, 3.05) is 48.0 Å². The third kappa shape index (κ3) is 38.1. The summed E-state index contributed by atoms with van der Waals surface area (Å²) < 4.78 is 28.5. The van der Waals surface area contributed by atoms with Crippen LogP contribution in [0, 0.1) is 5.92 Å². The number of halogens is 7. The van der Waals surface area contributed by atoms with E-state index in [0.717, 1.165) is 40.0 Å². The van der Waals surface area contributed by atoms with Crippen LogP contribution in [0.1, 0.15) is 64.2 Å². The summed E-state index contributed by atoms with van der Waals surface area (Å²) in [6.07, 6.45) is 7.77. The van der Waals surface area contributed by atoms with Gasteiger partial charge in [-0.05, 0) is 45.6 Å². The molecule has 21 heteroatoms. The molecule has 0 saturated heterocycles. The van der Waals surface area contributed by atoms with Crippen molar-refractivity contribution in [3.05, 3.63) is 44.8 Å². The molecular weight excluding hydrogens is 1200 g/mol. The topological polar surface area (TPSA) is 201 Å². The largest absolute Gasteiger partial charge is 0.469 e. The smallest absolute Gasteiger partial charge is 0.320 e. The summed E-state index contributed by atoms with van der Waals surface area (Å²) in [6, 6.07) is 0. The Morgan fingerprint density at radius 3 is 1.34 bits per heavy atom. The summed E-state index contributed by atoms with van der Waals surface area (Å²) in [5.74, 6) is -3.88. The van der Waals surface area contributed by atoms with Gasteiger partial charge in [0, 0.05) is 24.6 Å². The van der Waals surface area contributed by atoms with Gasteiger partial charge in [0.1, 0.15) is 6.42 Å². The van der Waals surface area contributed by atoms with E-state index >= 15 is 0 Å². The first kappa shape index (κ1) is 61.3. The third-order valence-electron chi connectivity index (χ3n) is 6.29. The molecule has 0 bridgehead atoms. The van der Waals surface area contributed by atoms with Gasteiger partial charge in [-0.15, -0.1) is 0 Å². The van der Waals surface area contributed by atoms with E-state index in [1.807, 2.05) is 0 Å². The van der Waals surface area contributed by atoms with Crippen LogP contribution in [0.5, 0.6) is 0 Å². The van der Waals surface area contributed by atoms with Crippen molar-refractivity contribution in [3.8, 4) is 0 Å². The number of hydrogen-bond donors (Lipinski definition) is 1. The van der Waals surface area contributed by atoms with E-state index in [1.54, 1.807) is 0 Å². The minimum atomic E-state index is -0.929. The van der Waals surface area contributed by atoms with Gasteiger partial charge in [0.25, 0.3) is 0 Å². The summed E-state index contributed by atoms with van der Waals surface area (Å²) in [5.41, 5.74) is 6.28. The van der Waals surface area contributed by atoms with Crippen molar-refractivity contribution in [2.45, 2.75) is 71.8 Å². The fourth-order valence-electron chi connectivity index (χ4n) is 2.91. The number of allylic oxidation sites excluding steroid dienone is 5.